The van der Waals surface area contributed by atoms with E-state index in [1.807, 2.05) is 13.0 Å². The van der Waals surface area contributed by atoms with E-state index in [0.29, 0.717) is 17.1 Å². The SMILES string of the molecule is CCNc1ccc(Cl)cc1C(=O)N1CCCCC1CO. The third kappa shape index (κ3) is 3.25. The van der Waals surface area contributed by atoms with Gasteiger partial charge in [0.2, 0.25) is 0 Å². The molecule has 1 aromatic carbocycles. The van der Waals surface area contributed by atoms with Gasteiger partial charge in [-0.15, -0.1) is 0 Å². The molecule has 1 aliphatic heterocycles. The molecular weight excluding hydrogens is 276 g/mol. The normalized spacial score (nSPS) is 18.9. The molecule has 1 aromatic rings. The smallest absolute Gasteiger partial charge is 0.256 e. The van der Waals surface area contributed by atoms with E-state index >= 15 is 0 Å². The second kappa shape index (κ2) is 6.95. The average molecular weight is 297 g/mol. The number of hydrogen-bond acceptors (Lipinski definition) is 3. The molecule has 1 atom stereocenters. The molecular formula is C15H21ClN2O2. The molecule has 20 heavy (non-hydrogen) atoms. The first kappa shape index (κ1) is 15.1. The Morgan fingerprint density at radius 2 is 2.30 bits per heavy atom. The lowest BCUT2D eigenvalue weighted by Gasteiger charge is -2.35. The predicted molar refractivity (Wildman–Crippen MR) is 81.4 cm³/mol. The second-order valence-electron chi connectivity index (χ2n) is 5.05. The monoisotopic (exact) mass is 296 g/mol. The van der Waals surface area contributed by atoms with E-state index in [0.717, 1.165) is 31.5 Å². The standard InChI is InChI=1S/C15H21ClN2O2/c1-2-17-14-7-6-11(16)9-13(14)15(20)18-8-4-3-5-12(18)10-19/h6-7,9,12,17,19H,2-5,8,10H2,1H3. The van der Waals surface area contributed by atoms with Gasteiger partial charge in [0, 0.05) is 23.8 Å². The minimum atomic E-state index is -0.0790. The molecule has 0 aromatic heterocycles. The molecule has 1 heterocycles. The van der Waals surface area contributed by atoms with Crippen LogP contribution < -0.4 is 5.32 Å². The summed E-state index contributed by atoms with van der Waals surface area (Å²) in [5, 5.41) is 13.2. The van der Waals surface area contributed by atoms with Crippen LogP contribution in [0.1, 0.15) is 36.5 Å². The molecule has 1 aliphatic rings. The Kier molecular flexibility index (Phi) is 5.26. The third-order valence-corrected chi connectivity index (χ3v) is 3.91. The van der Waals surface area contributed by atoms with Crippen molar-refractivity contribution in [3.8, 4) is 0 Å². The first-order valence-corrected chi connectivity index (χ1v) is 7.50. The van der Waals surface area contributed by atoms with E-state index in [4.69, 9.17) is 11.6 Å². The summed E-state index contributed by atoms with van der Waals surface area (Å²) >= 11 is 6.02. The van der Waals surface area contributed by atoms with Crippen molar-refractivity contribution in [3.63, 3.8) is 0 Å². The number of hydrogen-bond donors (Lipinski definition) is 2. The third-order valence-electron chi connectivity index (χ3n) is 3.68. The Morgan fingerprint density at radius 3 is 3.00 bits per heavy atom. The van der Waals surface area contributed by atoms with Crippen LogP contribution in [0.25, 0.3) is 0 Å². The molecule has 0 saturated carbocycles. The lowest BCUT2D eigenvalue weighted by Crippen LogP contribution is -2.45. The summed E-state index contributed by atoms with van der Waals surface area (Å²) in [5.41, 5.74) is 1.38. The zero-order valence-corrected chi connectivity index (χ0v) is 12.5. The zero-order valence-electron chi connectivity index (χ0n) is 11.7. The molecule has 5 heteroatoms. The Labute approximate surface area is 124 Å². The molecule has 1 saturated heterocycles. The van der Waals surface area contributed by atoms with E-state index in [2.05, 4.69) is 5.32 Å². The van der Waals surface area contributed by atoms with Gasteiger partial charge in [0.25, 0.3) is 5.91 Å². The molecule has 1 amide bonds. The van der Waals surface area contributed by atoms with Gasteiger partial charge in [-0.1, -0.05) is 11.6 Å². The Morgan fingerprint density at radius 1 is 1.50 bits per heavy atom. The summed E-state index contributed by atoms with van der Waals surface area (Å²) in [7, 11) is 0. The Balaban J connectivity index is 2.29. The molecule has 2 rings (SSSR count). The molecule has 0 aliphatic carbocycles. The number of anilines is 1. The zero-order chi connectivity index (χ0) is 14.5. The minimum Gasteiger partial charge on any atom is -0.394 e. The highest BCUT2D eigenvalue weighted by Crippen LogP contribution is 2.25. The summed E-state index contributed by atoms with van der Waals surface area (Å²) in [6.45, 7) is 3.44. The van der Waals surface area contributed by atoms with Crippen molar-refractivity contribution in [2.24, 2.45) is 0 Å². The van der Waals surface area contributed by atoms with Crippen molar-refractivity contribution in [3.05, 3.63) is 28.8 Å². The molecule has 110 valence electrons. The number of rotatable bonds is 4. The number of likely N-dealkylation sites (tertiary alicyclic amines) is 1. The van der Waals surface area contributed by atoms with Crippen molar-refractivity contribution in [2.45, 2.75) is 32.2 Å². The van der Waals surface area contributed by atoms with E-state index in [9.17, 15) is 9.90 Å². The number of halogens is 1. The van der Waals surface area contributed by atoms with Crippen molar-refractivity contribution in [1.29, 1.82) is 0 Å². The van der Waals surface area contributed by atoms with Gasteiger partial charge in [-0.05, 0) is 44.4 Å². The highest BCUT2D eigenvalue weighted by molar-refractivity contribution is 6.31. The number of carbonyl (C=O) groups is 1. The molecule has 0 spiro atoms. The molecule has 2 N–H and O–H groups in total. The highest BCUT2D eigenvalue weighted by atomic mass is 35.5. The van der Waals surface area contributed by atoms with Gasteiger partial charge in [0.05, 0.1) is 18.2 Å². The van der Waals surface area contributed by atoms with Crippen molar-refractivity contribution < 1.29 is 9.90 Å². The summed E-state index contributed by atoms with van der Waals surface area (Å²) in [6, 6.07) is 5.22. The fourth-order valence-electron chi connectivity index (χ4n) is 2.65. The van der Waals surface area contributed by atoms with Gasteiger partial charge in [-0.3, -0.25) is 4.79 Å². The number of benzene rings is 1. The maximum atomic E-state index is 12.7. The lowest BCUT2D eigenvalue weighted by molar-refractivity contribution is 0.0504. The molecule has 1 fully saturated rings. The summed E-state index contributed by atoms with van der Waals surface area (Å²) < 4.78 is 0. The summed E-state index contributed by atoms with van der Waals surface area (Å²) in [4.78, 5) is 14.5. The van der Waals surface area contributed by atoms with Crippen LogP contribution in [-0.4, -0.2) is 41.7 Å². The Hall–Kier alpha value is -1.26. The van der Waals surface area contributed by atoms with Gasteiger partial charge in [0.1, 0.15) is 0 Å². The number of aliphatic hydroxyl groups excluding tert-OH is 1. The quantitative estimate of drug-likeness (QED) is 0.898. The largest absolute Gasteiger partial charge is 0.394 e. The first-order valence-electron chi connectivity index (χ1n) is 7.12. The highest BCUT2D eigenvalue weighted by Gasteiger charge is 2.28. The van der Waals surface area contributed by atoms with Crippen molar-refractivity contribution in [1.82, 2.24) is 4.90 Å². The fraction of sp³-hybridized carbons (Fsp3) is 0.533. The average Bonchev–Trinajstić information content (AvgIpc) is 2.48. The number of piperidine rings is 1. The second-order valence-corrected chi connectivity index (χ2v) is 5.49. The van der Waals surface area contributed by atoms with E-state index in [1.54, 1.807) is 17.0 Å². The van der Waals surface area contributed by atoms with Crippen LogP contribution >= 0.6 is 11.6 Å². The van der Waals surface area contributed by atoms with Crippen molar-refractivity contribution >= 4 is 23.2 Å². The summed E-state index contributed by atoms with van der Waals surface area (Å²) in [5.74, 6) is -0.0535. The lowest BCUT2D eigenvalue weighted by atomic mass is 10.0. The maximum absolute atomic E-state index is 12.7. The number of amides is 1. The minimum absolute atomic E-state index is 0.0167. The van der Waals surface area contributed by atoms with Gasteiger partial charge >= 0.3 is 0 Å². The molecule has 0 bridgehead atoms. The van der Waals surface area contributed by atoms with Crippen LogP contribution in [-0.2, 0) is 0 Å². The van der Waals surface area contributed by atoms with Crippen LogP contribution in [0.2, 0.25) is 5.02 Å². The fourth-order valence-corrected chi connectivity index (χ4v) is 2.82. The maximum Gasteiger partial charge on any atom is 0.256 e. The molecule has 0 radical (unpaired) electrons. The van der Waals surface area contributed by atoms with Crippen molar-refractivity contribution in [2.75, 3.05) is 25.0 Å². The first-order chi connectivity index (χ1) is 9.67. The number of carbonyl (C=O) groups excluding carboxylic acids is 1. The van der Waals surface area contributed by atoms with Crippen LogP contribution in [0.3, 0.4) is 0 Å². The van der Waals surface area contributed by atoms with Crippen LogP contribution in [0.15, 0.2) is 18.2 Å². The van der Waals surface area contributed by atoms with Crippen LogP contribution in [0.5, 0.6) is 0 Å². The topological polar surface area (TPSA) is 52.6 Å². The van der Waals surface area contributed by atoms with E-state index in [-0.39, 0.29) is 18.6 Å². The molecule has 1 unspecified atom stereocenters. The van der Waals surface area contributed by atoms with E-state index < -0.39 is 0 Å². The van der Waals surface area contributed by atoms with E-state index in [1.165, 1.54) is 0 Å². The predicted octanol–water partition coefficient (Wildman–Crippen LogP) is 2.76. The van der Waals surface area contributed by atoms with Gasteiger partial charge in [-0.2, -0.15) is 0 Å². The number of aliphatic hydroxyl groups is 1. The number of nitrogens with zero attached hydrogens (tertiary/aromatic N) is 1. The van der Waals surface area contributed by atoms with Gasteiger partial charge < -0.3 is 15.3 Å². The van der Waals surface area contributed by atoms with Crippen LogP contribution in [0, 0.1) is 0 Å². The van der Waals surface area contributed by atoms with Crippen LogP contribution in [0.4, 0.5) is 5.69 Å². The Bertz CT molecular complexity index is 479. The van der Waals surface area contributed by atoms with Gasteiger partial charge in [-0.25, -0.2) is 0 Å². The summed E-state index contributed by atoms with van der Waals surface area (Å²) in [6.07, 6.45) is 2.91. The van der Waals surface area contributed by atoms with Gasteiger partial charge in [0.15, 0.2) is 0 Å². The number of nitrogens with one attached hydrogen (secondary N) is 1. The molecule has 4 nitrogen and oxygen atoms in total.